The molecule has 0 aliphatic carbocycles. The van der Waals surface area contributed by atoms with Gasteiger partial charge in [-0.2, -0.15) is 0 Å². The number of ether oxygens (including phenoxy) is 1. The first-order chi connectivity index (χ1) is 13.5. The first kappa shape index (κ1) is 20.2. The Kier molecular flexibility index (Phi) is 6.88. The predicted octanol–water partition coefficient (Wildman–Crippen LogP) is 6.58. The maximum Gasteiger partial charge on any atom is 0.165 e. The van der Waals surface area contributed by atoms with Crippen molar-refractivity contribution in [3.63, 3.8) is 0 Å². The summed E-state index contributed by atoms with van der Waals surface area (Å²) in [5.74, 6) is 0.936. The molecule has 28 heavy (non-hydrogen) atoms. The third-order valence-electron chi connectivity index (χ3n) is 4.51. The Morgan fingerprint density at radius 3 is 2.39 bits per heavy atom. The molecule has 3 rings (SSSR count). The molecule has 0 aromatic heterocycles. The summed E-state index contributed by atoms with van der Waals surface area (Å²) in [5, 5.41) is 3.53. The molecule has 0 saturated heterocycles. The van der Waals surface area contributed by atoms with Gasteiger partial charge in [0.1, 0.15) is 5.75 Å². The van der Waals surface area contributed by atoms with Crippen molar-refractivity contribution in [1.29, 1.82) is 0 Å². The van der Waals surface area contributed by atoms with Gasteiger partial charge in [0.15, 0.2) is 5.78 Å². The number of ketones is 1. The molecular formula is C24H24BrNO2. The highest BCUT2D eigenvalue weighted by atomic mass is 79.9. The van der Waals surface area contributed by atoms with Crippen LogP contribution in [-0.2, 0) is 0 Å². The van der Waals surface area contributed by atoms with Gasteiger partial charge in [-0.25, -0.2) is 0 Å². The molecule has 0 aliphatic rings. The minimum absolute atomic E-state index is 0.103. The van der Waals surface area contributed by atoms with Gasteiger partial charge in [0, 0.05) is 22.1 Å². The van der Waals surface area contributed by atoms with Gasteiger partial charge in [-0.1, -0.05) is 52.3 Å². The minimum atomic E-state index is -0.131. The Bertz CT molecular complexity index is 920. The summed E-state index contributed by atoms with van der Waals surface area (Å²) in [6.45, 7) is 4.66. The number of carbonyl (C=O) groups excluding carboxylic acids is 1. The van der Waals surface area contributed by atoms with Gasteiger partial charge in [-0.15, -0.1) is 0 Å². The van der Waals surface area contributed by atoms with E-state index in [0.29, 0.717) is 18.6 Å². The summed E-state index contributed by atoms with van der Waals surface area (Å²) in [5.41, 5.74) is 3.94. The Hall–Kier alpha value is -2.59. The Morgan fingerprint density at radius 1 is 1.04 bits per heavy atom. The number of anilines is 1. The molecule has 1 unspecified atom stereocenters. The van der Waals surface area contributed by atoms with Crippen LogP contribution in [0.3, 0.4) is 0 Å². The summed E-state index contributed by atoms with van der Waals surface area (Å²) in [4.78, 5) is 12.9. The number of nitrogens with one attached hydrogen (secondary N) is 1. The van der Waals surface area contributed by atoms with Crippen molar-refractivity contribution < 1.29 is 9.53 Å². The van der Waals surface area contributed by atoms with Gasteiger partial charge < -0.3 is 10.1 Å². The molecule has 0 amide bonds. The van der Waals surface area contributed by atoms with E-state index < -0.39 is 0 Å². The summed E-state index contributed by atoms with van der Waals surface area (Å²) in [6.07, 6.45) is 0.365. The summed E-state index contributed by atoms with van der Waals surface area (Å²) < 4.78 is 6.51. The standard InChI is InChI=1S/C24H24BrNO2/c1-3-28-22-13-9-18(10-14-22)23(26-21-6-4-5-17(2)15-21)16-24(27)19-7-11-20(25)12-8-19/h4-15,23,26H,3,16H2,1-2H3. The van der Waals surface area contributed by atoms with E-state index in [4.69, 9.17) is 4.74 Å². The number of carbonyl (C=O) groups is 1. The lowest BCUT2D eigenvalue weighted by Gasteiger charge is -2.21. The topological polar surface area (TPSA) is 38.3 Å². The number of hydrogen-bond donors (Lipinski definition) is 1. The first-order valence-corrected chi connectivity index (χ1v) is 10.2. The fourth-order valence-electron chi connectivity index (χ4n) is 3.09. The van der Waals surface area contributed by atoms with Crippen molar-refractivity contribution in [3.8, 4) is 5.75 Å². The molecule has 1 atom stereocenters. The van der Waals surface area contributed by atoms with Gasteiger partial charge in [-0.3, -0.25) is 4.79 Å². The lowest BCUT2D eigenvalue weighted by Crippen LogP contribution is -2.16. The van der Waals surface area contributed by atoms with Crippen LogP contribution < -0.4 is 10.1 Å². The van der Waals surface area contributed by atoms with E-state index in [1.165, 1.54) is 5.56 Å². The molecule has 0 aliphatic heterocycles. The maximum atomic E-state index is 12.9. The van der Waals surface area contributed by atoms with Crippen molar-refractivity contribution in [3.05, 3.63) is 94.0 Å². The van der Waals surface area contributed by atoms with Crippen LogP contribution in [0.15, 0.2) is 77.3 Å². The smallest absolute Gasteiger partial charge is 0.165 e. The van der Waals surface area contributed by atoms with E-state index in [0.717, 1.165) is 21.5 Å². The largest absolute Gasteiger partial charge is 0.494 e. The Labute approximate surface area is 174 Å². The zero-order chi connectivity index (χ0) is 19.9. The number of benzene rings is 3. The van der Waals surface area contributed by atoms with Gasteiger partial charge >= 0.3 is 0 Å². The van der Waals surface area contributed by atoms with E-state index >= 15 is 0 Å². The molecule has 3 nitrogen and oxygen atoms in total. The highest BCUT2D eigenvalue weighted by Gasteiger charge is 2.18. The molecule has 3 aromatic carbocycles. The van der Waals surface area contributed by atoms with Crippen molar-refractivity contribution in [2.45, 2.75) is 26.3 Å². The molecule has 3 aromatic rings. The monoisotopic (exact) mass is 437 g/mol. The van der Waals surface area contributed by atoms with Crippen LogP contribution >= 0.6 is 15.9 Å². The molecule has 0 bridgehead atoms. The van der Waals surface area contributed by atoms with Crippen LogP contribution in [0.1, 0.15) is 40.9 Å². The lowest BCUT2D eigenvalue weighted by atomic mass is 9.97. The Balaban J connectivity index is 1.84. The quantitative estimate of drug-likeness (QED) is 0.404. The van der Waals surface area contributed by atoms with Gasteiger partial charge in [0.25, 0.3) is 0 Å². The number of Topliss-reactive ketones (excluding diaryl/α,β-unsaturated/α-hetero) is 1. The number of rotatable bonds is 8. The zero-order valence-corrected chi connectivity index (χ0v) is 17.7. The second-order valence-corrected chi connectivity index (χ2v) is 7.62. The summed E-state index contributed by atoms with van der Waals surface area (Å²) in [6, 6.07) is 23.5. The number of halogens is 1. The van der Waals surface area contributed by atoms with Crippen molar-refractivity contribution in [1.82, 2.24) is 0 Å². The van der Waals surface area contributed by atoms with Crippen molar-refractivity contribution >= 4 is 27.4 Å². The van der Waals surface area contributed by atoms with Crippen molar-refractivity contribution in [2.75, 3.05) is 11.9 Å². The fraction of sp³-hybridized carbons (Fsp3) is 0.208. The normalized spacial score (nSPS) is 11.7. The van der Waals surface area contributed by atoms with E-state index in [-0.39, 0.29) is 11.8 Å². The van der Waals surface area contributed by atoms with Crippen LogP contribution in [0, 0.1) is 6.92 Å². The van der Waals surface area contributed by atoms with Crippen LogP contribution in [0.2, 0.25) is 0 Å². The van der Waals surface area contributed by atoms with Crippen LogP contribution in [0.4, 0.5) is 5.69 Å². The SMILES string of the molecule is CCOc1ccc(C(CC(=O)c2ccc(Br)cc2)Nc2cccc(C)c2)cc1. The molecule has 0 saturated carbocycles. The summed E-state index contributed by atoms with van der Waals surface area (Å²) >= 11 is 3.42. The third-order valence-corrected chi connectivity index (χ3v) is 5.04. The van der Waals surface area contributed by atoms with Gasteiger partial charge in [0.05, 0.1) is 12.6 Å². The molecule has 0 heterocycles. The highest BCUT2D eigenvalue weighted by molar-refractivity contribution is 9.10. The zero-order valence-electron chi connectivity index (χ0n) is 16.1. The molecule has 0 fully saturated rings. The fourth-order valence-corrected chi connectivity index (χ4v) is 3.35. The highest BCUT2D eigenvalue weighted by Crippen LogP contribution is 2.27. The Morgan fingerprint density at radius 2 is 1.75 bits per heavy atom. The molecule has 4 heteroatoms. The second kappa shape index (κ2) is 9.56. The lowest BCUT2D eigenvalue weighted by molar-refractivity contribution is 0.0976. The van der Waals surface area contributed by atoms with Crippen LogP contribution in [-0.4, -0.2) is 12.4 Å². The minimum Gasteiger partial charge on any atom is -0.494 e. The predicted molar refractivity (Wildman–Crippen MR) is 118 cm³/mol. The van der Waals surface area contributed by atoms with E-state index in [9.17, 15) is 4.79 Å². The number of aryl methyl sites for hydroxylation is 1. The average molecular weight is 438 g/mol. The van der Waals surface area contributed by atoms with Gasteiger partial charge in [0.2, 0.25) is 0 Å². The molecular weight excluding hydrogens is 414 g/mol. The van der Waals surface area contributed by atoms with Gasteiger partial charge in [-0.05, 0) is 61.4 Å². The maximum absolute atomic E-state index is 12.9. The average Bonchev–Trinajstić information content (AvgIpc) is 2.69. The third kappa shape index (κ3) is 5.46. The molecule has 1 N–H and O–H groups in total. The van der Waals surface area contributed by atoms with E-state index in [1.54, 1.807) is 0 Å². The molecule has 0 radical (unpaired) electrons. The summed E-state index contributed by atoms with van der Waals surface area (Å²) in [7, 11) is 0. The van der Waals surface area contributed by atoms with E-state index in [2.05, 4.69) is 40.3 Å². The second-order valence-electron chi connectivity index (χ2n) is 6.70. The van der Waals surface area contributed by atoms with Crippen molar-refractivity contribution in [2.24, 2.45) is 0 Å². The first-order valence-electron chi connectivity index (χ1n) is 9.40. The molecule has 0 spiro atoms. The molecule has 144 valence electrons. The number of hydrogen-bond acceptors (Lipinski definition) is 3. The van der Waals surface area contributed by atoms with Crippen LogP contribution in [0.5, 0.6) is 5.75 Å². The van der Waals surface area contributed by atoms with Crippen LogP contribution in [0.25, 0.3) is 0 Å². The van der Waals surface area contributed by atoms with E-state index in [1.807, 2.05) is 67.6 Å².